The van der Waals surface area contributed by atoms with Crippen LogP contribution < -0.4 is 10.1 Å². The van der Waals surface area contributed by atoms with Crippen molar-refractivity contribution in [1.29, 1.82) is 0 Å². The van der Waals surface area contributed by atoms with Crippen molar-refractivity contribution in [1.82, 2.24) is 5.32 Å². The molecule has 140 valence electrons. The first-order valence-electron chi connectivity index (χ1n) is 8.43. The number of ether oxygens (including phenoxy) is 2. The van der Waals surface area contributed by atoms with E-state index in [-0.39, 0.29) is 13.2 Å². The minimum atomic E-state index is -0.484. The topological polar surface area (TPSA) is 64.6 Å². The predicted molar refractivity (Wildman–Crippen MR) is 104 cm³/mol. The van der Waals surface area contributed by atoms with Crippen LogP contribution >= 0.6 is 11.6 Å². The first-order chi connectivity index (χ1) is 12.5. The molecular weight excluding hydrogens is 354 g/mol. The summed E-state index contributed by atoms with van der Waals surface area (Å²) in [7, 11) is 1.49. The Morgan fingerprint density at radius 1 is 1.04 bits per heavy atom. The van der Waals surface area contributed by atoms with Gasteiger partial charge in [0.15, 0.2) is 0 Å². The second kappa shape index (κ2) is 11.2. The summed E-state index contributed by atoms with van der Waals surface area (Å²) in [5.41, 5.74) is 2.20. The number of esters is 1. The van der Waals surface area contributed by atoms with Gasteiger partial charge in [-0.05, 0) is 42.3 Å². The van der Waals surface area contributed by atoms with Crippen molar-refractivity contribution >= 4 is 23.5 Å². The summed E-state index contributed by atoms with van der Waals surface area (Å²) in [4.78, 5) is 23.5. The number of carbonyl (C=O) groups is 2. The van der Waals surface area contributed by atoms with Crippen molar-refractivity contribution < 1.29 is 19.1 Å². The van der Waals surface area contributed by atoms with E-state index >= 15 is 0 Å². The molecule has 0 saturated carbocycles. The van der Waals surface area contributed by atoms with E-state index in [1.165, 1.54) is 7.11 Å². The van der Waals surface area contributed by atoms with Crippen LogP contribution in [0.5, 0.6) is 5.75 Å². The second-order valence-corrected chi connectivity index (χ2v) is 5.35. The van der Waals surface area contributed by atoms with Gasteiger partial charge in [0.25, 0.3) is 5.91 Å². The molecule has 0 radical (unpaired) electrons. The van der Waals surface area contributed by atoms with Gasteiger partial charge in [-0.15, -0.1) is 0 Å². The smallest absolute Gasteiger partial charge is 0.325 e. The number of hydrogen-bond acceptors (Lipinski definition) is 4. The fourth-order valence-corrected chi connectivity index (χ4v) is 2.29. The molecule has 0 aliphatic carbocycles. The zero-order valence-corrected chi connectivity index (χ0v) is 16.2. The van der Waals surface area contributed by atoms with E-state index in [0.29, 0.717) is 16.3 Å². The van der Waals surface area contributed by atoms with Gasteiger partial charge in [-0.1, -0.05) is 43.6 Å². The number of methoxy groups -OCH3 is 1. The molecule has 2 aromatic rings. The Bertz CT molecular complexity index is 729. The lowest BCUT2D eigenvalue weighted by molar-refractivity contribution is -0.141. The van der Waals surface area contributed by atoms with E-state index in [9.17, 15) is 9.59 Å². The van der Waals surface area contributed by atoms with Gasteiger partial charge >= 0.3 is 5.97 Å². The van der Waals surface area contributed by atoms with Gasteiger partial charge in [-0.3, -0.25) is 9.59 Å². The fourth-order valence-electron chi connectivity index (χ4n) is 2.16. The van der Waals surface area contributed by atoms with Crippen molar-refractivity contribution in [2.75, 3.05) is 20.3 Å². The van der Waals surface area contributed by atoms with Gasteiger partial charge < -0.3 is 14.8 Å². The van der Waals surface area contributed by atoms with Crippen LogP contribution in [0.15, 0.2) is 42.5 Å². The molecule has 0 aliphatic rings. The Labute approximate surface area is 159 Å². The van der Waals surface area contributed by atoms with E-state index < -0.39 is 11.9 Å². The molecule has 0 spiro atoms. The molecule has 6 heteroatoms. The summed E-state index contributed by atoms with van der Waals surface area (Å²) in [6, 6.07) is 12.6. The second-order valence-electron chi connectivity index (χ2n) is 4.91. The summed E-state index contributed by atoms with van der Waals surface area (Å²) >= 11 is 5.89. The van der Waals surface area contributed by atoms with Gasteiger partial charge in [0.2, 0.25) is 0 Å². The maximum Gasteiger partial charge on any atom is 0.325 e. The van der Waals surface area contributed by atoms with Crippen LogP contribution in [0.2, 0.25) is 5.02 Å². The lowest BCUT2D eigenvalue weighted by Crippen LogP contribution is -2.30. The fraction of sp³-hybridized carbons (Fsp3) is 0.300. The summed E-state index contributed by atoms with van der Waals surface area (Å²) in [6.45, 7) is 5.79. The van der Waals surface area contributed by atoms with Gasteiger partial charge in [0, 0.05) is 5.02 Å². The molecular formula is C20H24ClNO4. The maximum absolute atomic E-state index is 12.2. The molecule has 0 heterocycles. The monoisotopic (exact) mass is 377 g/mol. The standard InChI is InChI=1S/C18H18ClNO4.C2H6/c1-3-24-17(21)11-20-18(22)15-9-6-13(10-16(15)23-2)12-4-7-14(19)8-5-12;1-2/h4-10H,3,11H2,1-2H3,(H,20,22);1-2H3. The predicted octanol–water partition coefficient (Wildman–Crippen LogP) is 4.33. The zero-order chi connectivity index (χ0) is 19.5. The molecule has 26 heavy (non-hydrogen) atoms. The van der Waals surface area contributed by atoms with Gasteiger partial charge in [-0.2, -0.15) is 0 Å². The molecule has 0 aromatic heterocycles. The third-order valence-corrected chi connectivity index (χ3v) is 3.57. The summed E-state index contributed by atoms with van der Waals surface area (Å²) in [6.07, 6.45) is 0. The van der Waals surface area contributed by atoms with E-state index in [2.05, 4.69) is 5.32 Å². The van der Waals surface area contributed by atoms with Crippen LogP contribution in [0, 0.1) is 0 Å². The molecule has 2 rings (SSSR count). The molecule has 0 atom stereocenters. The Balaban J connectivity index is 0.00000163. The number of nitrogens with one attached hydrogen (secondary N) is 1. The molecule has 0 fully saturated rings. The number of carbonyl (C=O) groups excluding carboxylic acids is 2. The van der Waals surface area contributed by atoms with Gasteiger partial charge in [-0.25, -0.2) is 0 Å². The summed E-state index contributed by atoms with van der Waals surface area (Å²) < 4.78 is 10.1. The van der Waals surface area contributed by atoms with Crippen LogP contribution in [0.25, 0.3) is 11.1 Å². The zero-order valence-electron chi connectivity index (χ0n) is 15.5. The number of amides is 1. The Hall–Kier alpha value is -2.53. The molecule has 5 nitrogen and oxygen atoms in total. The van der Waals surface area contributed by atoms with Crippen molar-refractivity contribution in [3.63, 3.8) is 0 Å². The van der Waals surface area contributed by atoms with E-state index in [1.54, 1.807) is 31.2 Å². The number of rotatable bonds is 6. The molecule has 0 bridgehead atoms. The highest BCUT2D eigenvalue weighted by Crippen LogP contribution is 2.28. The Kier molecular flexibility index (Phi) is 9.23. The highest BCUT2D eigenvalue weighted by atomic mass is 35.5. The van der Waals surface area contributed by atoms with Crippen LogP contribution in [-0.4, -0.2) is 32.1 Å². The minimum Gasteiger partial charge on any atom is -0.496 e. The number of benzene rings is 2. The van der Waals surface area contributed by atoms with Crippen LogP contribution in [-0.2, 0) is 9.53 Å². The number of hydrogen-bond donors (Lipinski definition) is 1. The highest BCUT2D eigenvalue weighted by molar-refractivity contribution is 6.30. The number of halogens is 1. The Morgan fingerprint density at radius 2 is 1.65 bits per heavy atom. The first kappa shape index (κ1) is 21.5. The van der Waals surface area contributed by atoms with E-state index in [0.717, 1.165) is 11.1 Å². The molecule has 0 aliphatic heterocycles. The first-order valence-corrected chi connectivity index (χ1v) is 8.80. The average Bonchev–Trinajstić information content (AvgIpc) is 2.68. The third-order valence-electron chi connectivity index (χ3n) is 3.32. The van der Waals surface area contributed by atoms with Crippen molar-refractivity contribution in [3.05, 3.63) is 53.1 Å². The SMILES string of the molecule is CC.CCOC(=O)CNC(=O)c1ccc(-c2ccc(Cl)cc2)cc1OC. The molecule has 1 N–H and O–H groups in total. The van der Waals surface area contributed by atoms with Gasteiger partial charge in [0.05, 0.1) is 19.3 Å². The van der Waals surface area contributed by atoms with E-state index in [4.69, 9.17) is 21.1 Å². The molecule has 0 saturated heterocycles. The molecule has 1 amide bonds. The largest absolute Gasteiger partial charge is 0.496 e. The van der Waals surface area contributed by atoms with Crippen molar-refractivity contribution in [3.8, 4) is 16.9 Å². The quantitative estimate of drug-likeness (QED) is 0.761. The summed E-state index contributed by atoms with van der Waals surface area (Å²) in [5.74, 6) is -0.464. The van der Waals surface area contributed by atoms with Crippen molar-refractivity contribution in [2.45, 2.75) is 20.8 Å². The third kappa shape index (κ3) is 6.08. The molecule has 0 unspecified atom stereocenters. The van der Waals surface area contributed by atoms with Crippen LogP contribution in [0.1, 0.15) is 31.1 Å². The normalized spacial score (nSPS) is 9.58. The lowest BCUT2D eigenvalue weighted by Gasteiger charge is -2.11. The maximum atomic E-state index is 12.2. The van der Waals surface area contributed by atoms with Crippen LogP contribution in [0.4, 0.5) is 0 Å². The average molecular weight is 378 g/mol. The minimum absolute atomic E-state index is 0.186. The Morgan fingerprint density at radius 3 is 2.23 bits per heavy atom. The van der Waals surface area contributed by atoms with Crippen molar-refractivity contribution in [2.24, 2.45) is 0 Å². The lowest BCUT2D eigenvalue weighted by atomic mass is 10.0. The highest BCUT2D eigenvalue weighted by Gasteiger charge is 2.14. The summed E-state index contributed by atoms with van der Waals surface area (Å²) in [5, 5.41) is 3.17. The van der Waals surface area contributed by atoms with Gasteiger partial charge in [0.1, 0.15) is 12.3 Å². The molecule has 2 aromatic carbocycles. The van der Waals surface area contributed by atoms with E-state index in [1.807, 2.05) is 32.0 Å². The van der Waals surface area contributed by atoms with Crippen LogP contribution in [0.3, 0.4) is 0 Å².